The molecule has 0 fully saturated rings. The van der Waals surface area contributed by atoms with Crippen molar-refractivity contribution in [3.05, 3.63) is 84.2 Å². The first-order chi connectivity index (χ1) is 15.0. The molecule has 0 aliphatic carbocycles. The molecule has 7 nitrogen and oxygen atoms in total. The molecule has 0 aliphatic rings. The van der Waals surface area contributed by atoms with Crippen LogP contribution in [0.4, 0.5) is 0 Å². The highest BCUT2D eigenvalue weighted by Gasteiger charge is 2.14. The lowest BCUT2D eigenvalue weighted by molar-refractivity contribution is -0.119. The maximum atomic E-state index is 12.6. The van der Waals surface area contributed by atoms with E-state index < -0.39 is 0 Å². The molecule has 0 saturated carbocycles. The molecule has 0 saturated heterocycles. The Bertz CT molecular complexity index is 1170. The van der Waals surface area contributed by atoms with Gasteiger partial charge in [0.15, 0.2) is 5.16 Å². The van der Waals surface area contributed by atoms with Gasteiger partial charge in [-0.1, -0.05) is 36.0 Å². The number of nitrogens with one attached hydrogen (secondary N) is 1. The van der Waals surface area contributed by atoms with Crippen molar-refractivity contribution in [1.29, 1.82) is 0 Å². The van der Waals surface area contributed by atoms with Gasteiger partial charge in [-0.15, -0.1) is 0 Å². The Hall–Kier alpha value is -3.39. The van der Waals surface area contributed by atoms with Crippen LogP contribution in [0.3, 0.4) is 0 Å². The highest BCUT2D eigenvalue weighted by molar-refractivity contribution is 7.99. The summed E-state index contributed by atoms with van der Waals surface area (Å²) in [5, 5.41) is 7.98. The van der Waals surface area contributed by atoms with E-state index in [0.29, 0.717) is 5.75 Å². The van der Waals surface area contributed by atoms with E-state index in [1.807, 2.05) is 48.0 Å². The van der Waals surface area contributed by atoms with Crippen molar-refractivity contribution in [3.8, 4) is 11.4 Å². The zero-order chi connectivity index (χ0) is 21.8. The second-order valence-corrected chi connectivity index (χ2v) is 8.25. The van der Waals surface area contributed by atoms with E-state index in [1.165, 1.54) is 29.2 Å². The monoisotopic (exact) mass is 432 g/mol. The molecule has 4 aromatic rings. The Balaban J connectivity index is 1.37. The molecule has 0 aliphatic heterocycles. The van der Waals surface area contributed by atoms with Crippen LogP contribution in [0.2, 0.25) is 0 Å². The lowest BCUT2D eigenvalue weighted by Gasteiger charge is -2.15. The van der Waals surface area contributed by atoms with Crippen LogP contribution in [0.1, 0.15) is 29.7 Å². The summed E-state index contributed by atoms with van der Waals surface area (Å²) in [5.74, 6) is 0.261. The summed E-state index contributed by atoms with van der Waals surface area (Å²) in [6.07, 6.45) is 6.85. The normalized spacial score (nSPS) is 12.0. The quantitative estimate of drug-likeness (QED) is 0.446. The number of amides is 1. The van der Waals surface area contributed by atoms with Gasteiger partial charge in [-0.05, 0) is 55.7 Å². The maximum absolute atomic E-state index is 12.6. The summed E-state index contributed by atoms with van der Waals surface area (Å²) in [4.78, 5) is 20.9. The standard InChI is InChI=1S/C23H24N6OS/c1-16-5-4-6-21(17(16)2)28-12-11-25-23(28)31-13-22(30)27-18(3)19-7-9-20(10-8-19)29-15-24-14-26-29/h4-12,14-15,18H,13H2,1-3H3,(H,27,30)/t18-/m1/s1. The number of benzene rings is 2. The number of aromatic nitrogens is 5. The molecule has 0 radical (unpaired) electrons. The van der Waals surface area contributed by atoms with E-state index in [4.69, 9.17) is 0 Å². The minimum atomic E-state index is -0.100. The van der Waals surface area contributed by atoms with Crippen molar-refractivity contribution < 1.29 is 4.79 Å². The number of imidazole rings is 1. The van der Waals surface area contributed by atoms with Crippen LogP contribution in [0, 0.1) is 13.8 Å². The maximum Gasteiger partial charge on any atom is 0.230 e. The molecule has 1 atom stereocenters. The van der Waals surface area contributed by atoms with Crippen LogP contribution < -0.4 is 5.32 Å². The third kappa shape index (κ3) is 4.69. The van der Waals surface area contributed by atoms with Gasteiger partial charge in [-0.25, -0.2) is 14.6 Å². The molecule has 31 heavy (non-hydrogen) atoms. The first-order valence-corrected chi connectivity index (χ1v) is 11.0. The van der Waals surface area contributed by atoms with Crippen molar-refractivity contribution in [3.63, 3.8) is 0 Å². The molecule has 0 unspecified atom stereocenters. The molecular formula is C23H24N6OS. The fourth-order valence-electron chi connectivity index (χ4n) is 3.33. The zero-order valence-corrected chi connectivity index (χ0v) is 18.5. The second-order valence-electron chi connectivity index (χ2n) is 7.31. The number of rotatable bonds is 7. The molecule has 0 bridgehead atoms. The molecule has 4 rings (SSSR count). The number of carbonyl (C=O) groups is 1. The molecule has 2 aromatic heterocycles. The smallest absolute Gasteiger partial charge is 0.230 e. The van der Waals surface area contributed by atoms with Crippen molar-refractivity contribution in [2.75, 3.05) is 5.75 Å². The minimum absolute atomic E-state index is 0.0339. The zero-order valence-electron chi connectivity index (χ0n) is 17.7. The van der Waals surface area contributed by atoms with Crippen molar-refractivity contribution in [2.45, 2.75) is 32.0 Å². The van der Waals surface area contributed by atoms with Gasteiger partial charge < -0.3 is 5.32 Å². The Kier molecular flexibility index (Phi) is 6.18. The highest BCUT2D eigenvalue weighted by atomic mass is 32.2. The van der Waals surface area contributed by atoms with E-state index in [2.05, 4.69) is 46.4 Å². The van der Waals surface area contributed by atoms with Gasteiger partial charge in [-0.2, -0.15) is 5.10 Å². The predicted octanol–water partition coefficient (Wildman–Crippen LogP) is 4.04. The van der Waals surface area contributed by atoms with Crippen molar-refractivity contribution >= 4 is 17.7 Å². The summed E-state index contributed by atoms with van der Waals surface area (Å²) in [6, 6.07) is 14.0. The Morgan fingerprint density at radius 3 is 2.71 bits per heavy atom. The Morgan fingerprint density at radius 2 is 1.97 bits per heavy atom. The number of thioether (sulfide) groups is 1. The molecule has 8 heteroatoms. The molecule has 158 valence electrons. The molecule has 2 heterocycles. The predicted molar refractivity (Wildman–Crippen MR) is 122 cm³/mol. The van der Waals surface area contributed by atoms with Gasteiger partial charge in [0, 0.05) is 12.4 Å². The summed E-state index contributed by atoms with van der Waals surface area (Å²) in [5.41, 5.74) is 5.47. The van der Waals surface area contributed by atoms with Gasteiger partial charge in [0.25, 0.3) is 0 Å². The lowest BCUT2D eigenvalue weighted by atomic mass is 10.1. The largest absolute Gasteiger partial charge is 0.349 e. The molecule has 1 N–H and O–H groups in total. The van der Waals surface area contributed by atoms with E-state index >= 15 is 0 Å². The van der Waals surface area contributed by atoms with Crippen molar-refractivity contribution in [2.24, 2.45) is 0 Å². The molecule has 0 spiro atoms. The summed E-state index contributed by atoms with van der Waals surface area (Å²) >= 11 is 1.43. The van der Waals surface area contributed by atoms with E-state index in [0.717, 1.165) is 22.1 Å². The van der Waals surface area contributed by atoms with E-state index in [-0.39, 0.29) is 11.9 Å². The second kappa shape index (κ2) is 9.18. The van der Waals surface area contributed by atoms with Crippen LogP contribution in [0.5, 0.6) is 0 Å². The van der Waals surface area contributed by atoms with Crippen LogP contribution in [0.25, 0.3) is 11.4 Å². The average molecular weight is 433 g/mol. The van der Waals surface area contributed by atoms with Gasteiger partial charge in [-0.3, -0.25) is 9.36 Å². The van der Waals surface area contributed by atoms with Gasteiger partial charge in [0.2, 0.25) is 5.91 Å². The number of hydrogen-bond donors (Lipinski definition) is 1. The van der Waals surface area contributed by atoms with Gasteiger partial charge in [0.1, 0.15) is 12.7 Å². The van der Waals surface area contributed by atoms with Gasteiger partial charge in [0.05, 0.1) is 23.2 Å². The van der Waals surface area contributed by atoms with E-state index in [1.54, 1.807) is 17.2 Å². The number of nitrogens with zero attached hydrogens (tertiary/aromatic N) is 5. The first kappa shape index (κ1) is 20.9. The number of aryl methyl sites for hydroxylation is 1. The minimum Gasteiger partial charge on any atom is -0.349 e. The van der Waals surface area contributed by atoms with E-state index in [9.17, 15) is 4.79 Å². The Morgan fingerprint density at radius 1 is 1.16 bits per heavy atom. The van der Waals surface area contributed by atoms with Crippen LogP contribution in [-0.4, -0.2) is 36.0 Å². The summed E-state index contributed by atoms with van der Waals surface area (Å²) in [7, 11) is 0. The fraction of sp³-hybridized carbons (Fsp3) is 0.217. The first-order valence-electron chi connectivity index (χ1n) is 10.00. The highest BCUT2D eigenvalue weighted by Crippen LogP contribution is 2.24. The molecule has 1 amide bonds. The van der Waals surface area contributed by atoms with Crippen LogP contribution in [-0.2, 0) is 4.79 Å². The molecule has 2 aromatic carbocycles. The SMILES string of the molecule is Cc1cccc(-n2ccnc2SCC(=O)N[C@H](C)c2ccc(-n3cncn3)cc2)c1C. The summed E-state index contributed by atoms with van der Waals surface area (Å²) in [6.45, 7) is 6.17. The van der Waals surface area contributed by atoms with Crippen LogP contribution >= 0.6 is 11.8 Å². The fourth-order valence-corrected chi connectivity index (χ4v) is 4.11. The Labute approximate surface area is 185 Å². The number of hydrogen-bond acceptors (Lipinski definition) is 5. The van der Waals surface area contributed by atoms with Gasteiger partial charge >= 0.3 is 0 Å². The third-order valence-corrected chi connectivity index (χ3v) is 6.20. The average Bonchev–Trinajstić information content (AvgIpc) is 3.46. The van der Waals surface area contributed by atoms with Crippen molar-refractivity contribution in [1.82, 2.24) is 29.6 Å². The number of carbonyl (C=O) groups excluding carboxylic acids is 1. The summed E-state index contributed by atoms with van der Waals surface area (Å²) < 4.78 is 3.73. The van der Waals surface area contributed by atoms with Crippen LogP contribution in [0.15, 0.2) is 72.7 Å². The lowest BCUT2D eigenvalue weighted by Crippen LogP contribution is -2.28. The third-order valence-electron chi connectivity index (χ3n) is 5.23. The topological polar surface area (TPSA) is 77.6 Å². The molecular weight excluding hydrogens is 408 g/mol.